The molecule has 0 aliphatic carbocycles. The molecule has 560 valence electrons. The summed E-state index contributed by atoms with van der Waals surface area (Å²) >= 11 is 36.9. The summed E-state index contributed by atoms with van der Waals surface area (Å²) < 4.78 is 0. The van der Waals surface area contributed by atoms with Crippen LogP contribution in [0.25, 0.3) is 43.2 Å². The standard InChI is InChI=1S/C28H30Cl2N6O.C28H32Cl2N4O.C28H31Cl2N3O2/c29-25-5-3-19(15-26(25)30)14-20-7-11-36(18-23(20)17-33-34-31)24-8-12-35(13-9-24)28(37)22-4-6-27-21(16-22)2-1-10-32-27;29-25-5-3-19(15-26(25)30)14-20-7-11-34(18-23(20)17-31)24-8-12-33(13-9-24)28(35)22-4-6-27-21(16-22)2-1-10-32-27;29-25-5-3-19(15-26(25)30)14-20-7-11-33(17-23(20)18-34)24-8-12-32(13-9-24)28(35)22-4-6-27-21(16-22)2-1-10-31-27/h1-6,10,15-16,20,23-24H,7-9,11-14,17-18H2;1-6,10,15-16,20,23-24H,7-9,11-14,17-18,31H2;1-6,10,15-16,20,23-24,34H,7-9,11-14,17-18H2/t2*20-,23-;20-,23+/m111/s1. The highest BCUT2D eigenvalue weighted by Crippen LogP contribution is 2.37. The van der Waals surface area contributed by atoms with Gasteiger partial charge in [-0.1, -0.05) is 111 Å². The first-order valence-corrected chi connectivity index (χ1v) is 40.1. The minimum absolute atomic E-state index is 0.0887. The Labute approximate surface area is 657 Å². The summed E-state index contributed by atoms with van der Waals surface area (Å²) in [5.41, 5.74) is 23.7. The van der Waals surface area contributed by atoms with Gasteiger partial charge in [0.05, 0.1) is 46.7 Å². The Morgan fingerprint density at radius 1 is 0.411 bits per heavy atom. The van der Waals surface area contributed by atoms with Gasteiger partial charge in [0.2, 0.25) is 0 Å². The fourth-order valence-corrected chi connectivity index (χ4v) is 18.3. The molecule has 0 unspecified atom stereocenters. The second-order valence-electron chi connectivity index (χ2n) is 29.9. The normalized spacial score (nSPS) is 21.7. The Morgan fingerprint density at radius 3 is 1.07 bits per heavy atom. The number of aliphatic hydroxyl groups excluding tert-OH is 1. The summed E-state index contributed by atoms with van der Waals surface area (Å²) in [7, 11) is 0. The van der Waals surface area contributed by atoms with E-state index < -0.39 is 0 Å². The van der Waals surface area contributed by atoms with Crippen LogP contribution in [-0.2, 0) is 19.3 Å². The number of benzene rings is 6. The number of likely N-dealkylation sites (tertiary alicyclic amines) is 6. The molecule has 9 aromatic rings. The maximum absolute atomic E-state index is 13.2. The molecule has 6 saturated heterocycles. The third kappa shape index (κ3) is 19.7. The summed E-state index contributed by atoms with van der Waals surface area (Å²) in [5, 5.41) is 20.6. The average Bonchev–Trinajstić information content (AvgIpc) is 0.821. The van der Waals surface area contributed by atoms with Gasteiger partial charge in [0.25, 0.3) is 17.7 Å². The van der Waals surface area contributed by atoms with Crippen molar-refractivity contribution in [3.63, 3.8) is 0 Å². The molecule has 0 saturated carbocycles. The summed E-state index contributed by atoms with van der Waals surface area (Å²) in [6.45, 7) is 11.9. The molecule has 3 amide bonds. The van der Waals surface area contributed by atoms with Crippen molar-refractivity contribution in [3.05, 3.63) is 238 Å². The number of rotatable bonds is 16. The number of fused-ring (bicyclic) bond motifs is 3. The number of aliphatic hydroxyl groups is 1. The Bertz CT molecular complexity index is 4440. The molecular formula is C84H93Cl6N13O4. The van der Waals surface area contributed by atoms with E-state index in [1.807, 2.05) is 154 Å². The number of carbonyl (C=O) groups is 3. The molecule has 6 atom stereocenters. The van der Waals surface area contributed by atoms with Gasteiger partial charge in [-0.3, -0.25) is 44.0 Å². The Balaban J connectivity index is 0.000000142. The third-order valence-corrected chi connectivity index (χ3v) is 25.7. The van der Waals surface area contributed by atoms with Gasteiger partial charge < -0.3 is 25.5 Å². The van der Waals surface area contributed by atoms with Crippen molar-refractivity contribution in [2.45, 2.75) is 95.2 Å². The minimum Gasteiger partial charge on any atom is -0.396 e. The maximum atomic E-state index is 13.2. The van der Waals surface area contributed by atoms with E-state index in [9.17, 15) is 19.5 Å². The van der Waals surface area contributed by atoms with Gasteiger partial charge in [-0.25, -0.2) is 0 Å². The molecule has 23 heteroatoms. The number of hydrogen-bond acceptors (Lipinski definition) is 12. The summed E-state index contributed by atoms with van der Waals surface area (Å²) in [6, 6.07) is 48.0. The fourth-order valence-electron chi connectivity index (χ4n) is 17.3. The number of nitrogens with zero attached hydrogens (tertiary/aromatic N) is 12. The maximum Gasteiger partial charge on any atom is 0.253 e. The molecule has 3 N–H and O–H groups in total. The van der Waals surface area contributed by atoms with Crippen molar-refractivity contribution >= 4 is 120 Å². The predicted octanol–water partition coefficient (Wildman–Crippen LogP) is 17.2. The van der Waals surface area contributed by atoms with Crippen LogP contribution in [-0.4, -0.2) is 184 Å². The van der Waals surface area contributed by atoms with Gasteiger partial charge in [0.15, 0.2) is 0 Å². The number of nitrogens with two attached hydrogens (primary N) is 1. The number of pyridine rings is 3. The van der Waals surface area contributed by atoms with Gasteiger partial charge in [-0.2, -0.15) is 0 Å². The molecule has 6 aliphatic rings. The number of hydrogen-bond donors (Lipinski definition) is 2. The number of aromatic nitrogens is 3. The molecule has 0 spiro atoms. The van der Waals surface area contributed by atoms with E-state index in [0.29, 0.717) is 85.0 Å². The fraction of sp³-hybridized carbons (Fsp3) is 0.429. The van der Waals surface area contributed by atoms with E-state index in [0.717, 1.165) is 211 Å². The zero-order chi connectivity index (χ0) is 74.5. The number of carbonyl (C=O) groups excluding carboxylic acids is 3. The second kappa shape index (κ2) is 37.0. The van der Waals surface area contributed by atoms with Crippen LogP contribution in [0.2, 0.25) is 30.1 Å². The predicted molar refractivity (Wildman–Crippen MR) is 432 cm³/mol. The van der Waals surface area contributed by atoms with Crippen molar-refractivity contribution in [3.8, 4) is 0 Å². The van der Waals surface area contributed by atoms with Crippen LogP contribution in [0.4, 0.5) is 0 Å². The van der Waals surface area contributed by atoms with Crippen molar-refractivity contribution in [1.29, 1.82) is 0 Å². The summed E-state index contributed by atoms with van der Waals surface area (Å²) in [5.74, 6) is 2.69. The molecule has 6 aromatic carbocycles. The van der Waals surface area contributed by atoms with Crippen molar-refractivity contribution in [1.82, 2.24) is 44.4 Å². The van der Waals surface area contributed by atoms with Gasteiger partial charge in [0, 0.05) is 147 Å². The third-order valence-electron chi connectivity index (χ3n) is 23.5. The molecule has 3 aromatic heterocycles. The van der Waals surface area contributed by atoms with Gasteiger partial charge in [0.1, 0.15) is 0 Å². The van der Waals surface area contributed by atoms with E-state index in [1.54, 1.807) is 18.6 Å². The molecule has 0 bridgehead atoms. The topological polar surface area (TPSA) is 204 Å². The van der Waals surface area contributed by atoms with Gasteiger partial charge in [-0.15, -0.1) is 0 Å². The Kier molecular flexibility index (Phi) is 27.0. The van der Waals surface area contributed by atoms with Gasteiger partial charge >= 0.3 is 0 Å². The second-order valence-corrected chi connectivity index (χ2v) is 32.3. The SMILES string of the molecule is NC[C@@H]1CN(C2CCN(C(=O)c3ccc4ncccc4c3)CC2)CC[C@@H]1Cc1ccc(Cl)c(Cl)c1.O=C(c1ccc2ncccc2c1)N1CCC(N2CC[C@H](Cc3ccc(Cl)c(Cl)c3)[C@H](CO)C2)CC1.[N-]=[N+]=NC[C@@H]1CN(C2CCN(C(=O)c3ccc4ncccc4c3)CC2)CC[C@@H]1Cc1ccc(Cl)c(Cl)c1. The lowest BCUT2D eigenvalue weighted by molar-refractivity contribution is 0.0242. The number of piperidine rings is 6. The molecule has 6 aliphatic heterocycles. The van der Waals surface area contributed by atoms with Crippen LogP contribution in [0.15, 0.2) is 169 Å². The number of amides is 3. The van der Waals surface area contributed by atoms with Crippen LogP contribution in [0, 0.1) is 35.5 Å². The summed E-state index contributed by atoms with van der Waals surface area (Å²) in [6.07, 6.45) is 17.2. The average molecular weight is 1560 g/mol. The van der Waals surface area contributed by atoms with Crippen molar-refractivity contribution < 1.29 is 19.5 Å². The van der Waals surface area contributed by atoms with E-state index >= 15 is 0 Å². The van der Waals surface area contributed by atoms with E-state index in [2.05, 4.69) is 45.7 Å². The molecule has 15 rings (SSSR count). The molecule has 17 nitrogen and oxygen atoms in total. The minimum atomic E-state index is 0.0887. The number of azide groups is 1. The Morgan fingerprint density at radius 2 is 0.738 bits per heavy atom. The van der Waals surface area contributed by atoms with E-state index in [4.69, 9.17) is 80.9 Å². The molecule has 0 radical (unpaired) electrons. The van der Waals surface area contributed by atoms with Crippen molar-refractivity contribution in [2.75, 3.05) is 98.2 Å². The molecule has 9 heterocycles. The van der Waals surface area contributed by atoms with Crippen LogP contribution in [0.5, 0.6) is 0 Å². The van der Waals surface area contributed by atoms with Crippen LogP contribution >= 0.6 is 69.6 Å². The highest BCUT2D eigenvalue weighted by Gasteiger charge is 2.38. The zero-order valence-corrected chi connectivity index (χ0v) is 64.8. The largest absolute Gasteiger partial charge is 0.396 e. The Hall–Kier alpha value is -7.19. The van der Waals surface area contributed by atoms with Crippen LogP contribution < -0.4 is 5.73 Å². The highest BCUT2D eigenvalue weighted by molar-refractivity contribution is 6.43. The first-order valence-electron chi connectivity index (χ1n) is 37.8. The smallest absolute Gasteiger partial charge is 0.253 e. The lowest BCUT2D eigenvalue weighted by Gasteiger charge is -2.45. The first-order chi connectivity index (χ1) is 52.0. The highest BCUT2D eigenvalue weighted by atomic mass is 35.5. The lowest BCUT2D eigenvalue weighted by Crippen LogP contribution is -2.52. The lowest BCUT2D eigenvalue weighted by atomic mass is 9.80. The molecule has 107 heavy (non-hydrogen) atoms. The molecular weight excluding hydrogens is 1470 g/mol. The van der Waals surface area contributed by atoms with E-state index in [1.165, 1.54) is 11.1 Å². The monoisotopic (exact) mass is 1560 g/mol. The van der Waals surface area contributed by atoms with Gasteiger partial charge in [-0.05, 0) is 270 Å². The van der Waals surface area contributed by atoms with Crippen LogP contribution in [0.3, 0.4) is 0 Å². The van der Waals surface area contributed by atoms with Crippen molar-refractivity contribution in [2.24, 2.45) is 46.4 Å². The zero-order valence-electron chi connectivity index (χ0n) is 60.3. The quantitative estimate of drug-likeness (QED) is 0.0529. The molecule has 6 fully saturated rings. The van der Waals surface area contributed by atoms with Crippen LogP contribution in [0.1, 0.15) is 106 Å². The summed E-state index contributed by atoms with van der Waals surface area (Å²) in [4.78, 5) is 69.2. The number of halogens is 6. The first kappa shape index (κ1) is 77.9. The van der Waals surface area contributed by atoms with E-state index in [-0.39, 0.29) is 36.2 Å².